The van der Waals surface area contributed by atoms with Crippen molar-refractivity contribution in [3.63, 3.8) is 0 Å². The Bertz CT molecular complexity index is 386. The number of nitrogens with zero attached hydrogens (tertiary/aromatic N) is 1. The van der Waals surface area contributed by atoms with Crippen molar-refractivity contribution in [1.82, 2.24) is 4.31 Å². The first-order valence-electron chi connectivity index (χ1n) is 6.30. The average molecular weight is 322 g/mol. The van der Waals surface area contributed by atoms with E-state index >= 15 is 0 Å². The third-order valence-corrected chi connectivity index (χ3v) is 5.88. The van der Waals surface area contributed by atoms with Crippen LogP contribution in [-0.2, 0) is 10.0 Å². The van der Waals surface area contributed by atoms with Crippen LogP contribution in [-0.4, -0.2) is 43.1 Å². The molecule has 0 aromatic heterocycles. The Kier molecular flexibility index (Phi) is 5.95. The second-order valence-electron chi connectivity index (χ2n) is 4.92. The quantitative estimate of drug-likeness (QED) is 0.730. The van der Waals surface area contributed by atoms with Crippen LogP contribution in [0.5, 0.6) is 0 Å². The van der Waals surface area contributed by atoms with Gasteiger partial charge in [0.25, 0.3) is 0 Å². The van der Waals surface area contributed by atoms with Crippen LogP contribution in [0.3, 0.4) is 0 Å². The van der Waals surface area contributed by atoms with Crippen molar-refractivity contribution in [2.75, 3.05) is 12.8 Å². The Balaban J connectivity index is 2.56. The molecule has 0 saturated heterocycles. The summed E-state index contributed by atoms with van der Waals surface area (Å²) < 4.78 is 61.1. The monoisotopic (exact) mass is 321 g/mol. The largest absolute Gasteiger partial charge is 0.389 e. The molecule has 114 valence electrons. The number of alkyl halides is 4. The lowest BCUT2D eigenvalue weighted by atomic mass is 9.95. The van der Waals surface area contributed by atoms with E-state index in [1.54, 1.807) is 0 Å². The third-order valence-electron chi connectivity index (χ3n) is 3.42. The summed E-state index contributed by atoms with van der Waals surface area (Å²) in [6.45, 7) is 0. The van der Waals surface area contributed by atoms with Gasteiger partial charge in [-0.3, -0.25) is 0 Å². The molecule has 19 heavy (non-hydrogen) atoms. The Labute approximate surface area is 117 Å². The summed E-state index contributed by atoms with van der Waals surface area (Å²) in [5.74, 6) is -0.483. The molecule has 0 bridgehead atoms. The van der Waals surface area contributed by atoms with E-state index in [4.69, 9.17) is 11.6 Å². The minimum absolute atomic E-state index is 0.254. The first-order valence-corrected chi connectivity index (χ1v) is 8.34. The van der Waals surface area contributed by atoms with Crippen molar-refractivity contribution >= 4 is 21.6 Å². The van der Waals surface area contributed by atoms with E-state index in [9.17, 15) is 21.6 Å². The predicted octanol–water partition coefficient (Wildman–Crippen LogP) is 3.14. The summed E-state index contributed by atoms with van der Waals surface area (Å²) in [7, 11) is -2.26. The van der Waals surface area contributed by atoms with E-state index in [0.717, 1.165) is 19.3 Å². The Morgan fingerprint density at radius 1 is 1.26 bits per heavy atom. The zero-order valence-corrected chi connectivity index (χ0v) is 12.4. The normalized spacial score (nSPS) is 25.8. The molecular weight excluding hydrogens is 303 g/mol. The highest BCUT2D eigenvalue weighted by atomic mass is 35.5. The van der Waals surface area contributed by atoms with Crippen molar-refractivity contribution in [1.29, 1.82) is 0 Å². The zero-order chi connectivity index (χ0) is 14.7. The van der Waals surface area contributed by atoms with Gasteiger partial charge in [-0.1, -0.05) is 12.8 Å². The number of sulfonamides is 1. The van der Waals surface area contributed by atoms with Gasteiger partial charge in [0.1, 0.15) is 0 Å². The van der Waals surface area contributed by atoms with Gasteiger partial charge in [0.2, 0.25) is 10.0 Å². The summed E-state index contributed by atoms with van der Waals surface area (Å²) in [6, 6.07) is -0.300. The van der Waals surface area contributed by atoms with Crippen LogP contribution >= 0.6 is 11.6 Å². The molecule has 3 nitrogen and oxygen atoms in total. The van der Waals surface area contributed by atoms with Gasteiger partial charge in [0.05, 0.1) is 11.1 Å². The highest BCUT2D eigenvalue weighted by Gasteiger charge is 2.34. The Hall–Kier alpha value is -0.0100. The van der Waals surface area contributed by atoms with Crippen LogP contribution in [0.4, 0.5) is 13.2 Å². The van der Waals surface area contributed by atoms with E-state index in [1.165, 1.54) is 11.4 Å². The van der Waals surface area contributed by atoms with Gasteiger partial charge < -0.3 is 0 Å². The van der Waals surface area contributed by atoms with E-state index in [0.29, 0.717) is 6.42 Å². The fourth-order valence-corrected chi connectivity index (χ4v) is 4.26. The Morgan fingerprint density at radius 3 is 2.37 bits per heavy atom. The van der Waals surface area contributed by atoms with Crippen molar-refractivity contribution in [3.05, 3.63) is 0 Å². The lowest BCUT2D eigenvalue weighted by Crippen LogP contribution is -2.45. The molecule has 0 aromatic rings. The molecule has 0 spiro atoms. The number of hydrogen-bond donors (Lipinski definition) is 0. The van der Waals surface area contributed by atoms with Gasteiger partial charge in [-0.05, 0) is 19.3 Å². The first-order chi connectivity index (χ1) is 8.63. The van der Waals surface area contributed by atoms with Crippen molar-refractivity contribution in [2.24, 2.45) is 0 Å². The molecule has 1 aliphatic rings. The van der Waals surface area contributed by atoms with E-state index < -0.39 is 34.8 Å². The van der Waals surface area contributed by atoms with Gasteiger partial charge in [-0.2, -0.15) is 13.2 Å². The SMILES string of the molecule is CN(C1CCCCC1Cl)S(=O)(=O)CCCC(F)(F)F. The van der Waals surface area contributed by atoms with Crippen molar-refractivity contribution < 1.29 is 21.6 Å². The molecular formula is C11H19ClF3NO2S. The van der Waals surface area contributed by atoms with E-state index in [1.807, 2.05) is 0 Å². The van der Waals surface area contributed by atoms with E-state index in [2.05, 4.69) is 0 Å². The van der Waals surface area contributed by atoms with Crippen LogP contribution in [0.15, 0.2) is 0 Å². The smallest absolute Gasteiger partial charge is 0.212 e. The fourth-order valence-electron chi connectivity index (χ4n) is 2.28. The molecule has 2 atom stereocenters. The first kappa shape index (κ1) is 17.0. The topological polar surface area (TPSA) is 37.4 Å². The van der Waals surface area contributed by atoms with Gasteiger partial charge in [0, 0.05) is 19.5 Å². The number of halogens is 4. The minimum atomic E-state index is -4.31. The average Bonchev–Trinajstić information content (AvgIpc) is 2.26. The molecule has 0 heterocycles. The van der Waals surface area contributed by atoms with Gasteiger partial charge in [-0.15, -0.1) is 11.6 Å². The van der Waals surface area contributed by atoms with Gasteiger partial charge in [0.15, 0.2) is 0 Å². The lowest BCUT2D eigenvalue weighted by molar-refractivity contribution is -0.134. The number of rotatable bonds is 5. The summed E-state index contributed by atoms with van der Waals surface area (Å²) in [4.78, 5) is 0. The minimum Gasteiger partial charge on any atom is -0.212 e. The van der Waals surface area contributed by atoms with E-state index in [-0.39, 0.29) is 11.4 Å². The molecule has 2 unspecified atom stereocenters. The zero-order valence-electron chi connectivity index (χ0n) is 10.8. The standard InChI is InChI=1S/C11H19ClF3NO2S/c1-16(10-6-3-2-5-9(10)12)19(17,18)8-4-7-11(13,14)15/h9-10H,2-8H2,1H3. The molecule has 0 radical (unpaired) electrons. The molecule has 0 N–H and O–H groups in total. The molecule has 1 aliphatic carbocycles. The van der Waals surface area contributed by atoms with Gasteiger partial charge in [-0.25, -0.2) is 12.7 Å². The second kappa shape index (κ2) is 6.63. The molecule has 1 fully saturated rings. The molecule has 0 amide bonds. The lowest BCUT2D eigenvalue weighted by Gasteiger charge is -2.34. The molecule has 0 aliphatic heterocycles. The molecule has 8 heteroatoms. The maximum atomic E-state index is 12.0. The van der Waals surface area contributed by atoms with Crippen LogP contribution in [0.1, 0.15) is 38.5 Å². The highest BCUT2D eigenvalue weighted by Crippen LogP contribution is 2.29. The Morgan fingerprint density at radius 2 is 1.84 bits per heavy atom. The van der Waals surface area contributed by atoms with Crippen LogP contribution in [0.2, 0.25) is 0 Å². The molecule has 1 saturated carbocycles. The third kappa shape index (κ3) is 5.47. The van der Waals surface area contributed by atoms with Crippen LogP contribution in [0.25, 0.3) is 0 Å². The maximum absolute atomic E-state index is 12.0. The number of hydrogen-bond acceptors (Lipinski definition) is 2. The summed E-state index contributed by atoms with van der Waals surface area (Å²) in [5.41, 5.74) is 0. The van der Waals surface area contributed by atoms with Crippen molar-refractivity contribution in [2.45, 2.75) is 56.1 Å². The summed E-state index contributed by atoms with van der Waals surface area (Å²) in [6.07, 6.45) is -2.51. The van der Waals surface area contributed by atoms with Crippen LogP contribution in [0, 0.1) is 0 Å². The van der Waals surface area contributed by atoms with Gasteiger partial charge >= 0.3 is 6.18 Å². The van der Waals surface area contributed by atoms with Crippen LogP contribution < -0.4 is 0 Å². The molecule has 1 rings (SSSR count). The highest BCUT2D eigenvalue weighted by molar-refractivity contribution is 7.89. The fraction of sp³-hybridized carbons (Fsp3) is 1.00. The summed E-state index contributed by atoms with van der Waals surface area (Å²) in [5, 5.41) is -0.254. The summed E-state index contributed by atoms with van der Waals surface area (Å²) >= 11 is 6.10. The van der Waals surface area contributed by atoms with Crippen molar-refractivity contribution in [3.8, 4) is 0 Å². The second-order valence-corrected chi connectivity index (χ2v) is 7.63. The molecule has 0 aromatic carbocycles. The predicted molar refractivity (Wildman–Crippen MR) is 68.7 cm³/mol. The maximum Gasteiger partial charge on any atom is 0.389 e.